The number of rotatable bonds is 5. The van der Waals surface area contributed by atoms with E-state index in [0.29, 0.717) is 34.7 Å². The van der Waals surface area contributed by atoms with E-state index < -0.39 is 18.1 Å². The summed E-state index contributed by atoms with van der Waals surface area (Å²) in [6.45, 7) is 0. The number of carboxylic acids is 1. The van der Waals surface area contributed by atoms with Crippen molar-refractivity contribution in [1.82, 2.24) is 4.57 Å². The molecule has 2 aromatic rings. The molecule has 170 valence electrons. The van der Waals surface area contributed by atoms with Crippen LogP contribution in [0.3, 0.4) is 0 Å². The highest BCUT2D eigenvalue weighted by molar-refractivity contribution is 5.90. The largest absolute Gasteiger partial charge is 0.497 e. The second-order valence-corrected chi connectivity index (χ2v) is 8.05. The molecular formula is C24H24F3NO4. The minimum atomic E-state index is -4.25. The lowest BCUT2D eigenvalue weighted by molar-refractivity contribution is -0.177. The SMILES string of the molecule is COc1ccc(-c2cc3c(n2[C@H]2C=C(C(=O)O)C=CC2)CCC(C(F)(F)F)C3)c(OC)c1. The number of hydrogen-bond acceptors (Lipinski definition) is 3. The third-order valence-corrected chi connectivity index (χ3v) is 6.20. The number of carboxylic acid groups (broad SMARTS) is 1. The van der Waals surface area contributed by atoms with Crippen LogP contribution in [0.2, 0.25) is 0 Å². The molecule has 0 fully saturated rings. The number of alkyl halides is 3. The molecule has 32 heavy (non-hydrogen) atoms. The number of carbonyl (C=O) groups is 1. The molecule has 2 atom stereocenters. The minimum absolute atomic E-state index is 0.0117. The second-order valence-electron chi connectivity index (χ2n) is 8.05. The van der Waals surface area contributed by atoms with Crippen molar-refractivity contribution < 1.29 is 32.5 Å². The highest BCUT2D eigenvalue weighted by atomic mass is 19.4. The molecule has 1 heterocycles. The molecule has 0 aliphatic heterocycles. The van der Waals surface area contributed by atoms with Crippen LogP contribution in [0.25, 0.3) is 11.3 Å². The quantitative estimate of drug-likeness (QED) is 0.671. The van der Waals surface area contributed by atoms with Crippen molar-refractivity contribution in [1.29, 1.82) is 0 Å². The van der Waals surface area contributed by atoms with Gasteiger partial charge < -0.3 is 19.1 Å². The monoisotopic (exact) mass is 447 g/mol. The van der Waals surface area contributed by atoms with Crippen LogP contribution in [0, 0.1) is 5.92 Å². The summed E-state index contributed by atoms with van der Waals surface area (Å²) in [5, 5.41) is 9.45. The maximum absolute atomic E-state index is 13.4. The Morgan fingerprint density at radius 3 is 2.62 bits per heavy atom. The fourth-order valence-electron chi connectivity index (χ4n) is 4.62. The van der Waals surface area contributed by atoms with Crippen molar-refractivity contribution in [2.75, 3.05) is 14.2 Å². The number of aromatic nitrogens is 1. The van der Waals surface area contributed by atoms with Gasteiger partial charge in [0.25, 0.3) is 0 Å². The standard InChI is InChI=1S/C24H24F3NO4/c1-31-18-7-8-19(22(13-18)32-2)21-12-15-10-16(24(25,26)27)6-9-20(15)28(21)17-5-3-4-14(11-17)23(29)30/h3-4,7-8,11-13,16-17H,5-6,9-10H2,1-2H3,(H,29,30)/t16?,17-/m1/s1. The Hall–Kier alpha value is -3.16. The Labute approximate surface area is 183 Å². The maximum atomic E-state index is 13.4. The van der Waals surface area contributed by atoms with Crippen LogP contribution in [0.15, 0.2) is 48.1 Å². The molecule has 5 nitrogen and oxygen atoms in total. The summed E-state index contributed by atoms with van der Waals surface area (Å²) in [5.74, 6) is -1.29. The number of benzene rings is 1. The predicted octanol–water partition coefficient (Wildman–Crippen LogP) is 5.35. The van der Waals surface area contributed by atoms with Crippen LogP contribution in [0.4, 0.5) is 13.2 Å². The molecule has 2 aliphatic carbocycles. The number of halogens is 3. The van der Waals surface area contributed by atoms with E-state index in [1.807, 2.05) is 10.6 Å². The van der Waals surface area contributed by atoms with Gasteiger partial charge in [-0.1, -0.05) is 12.2 Å². The van der Waals surface area contributed by atoms with Gasteiger partial charge >= 0.3 is 12.1 Å². The van der Waals surface area contributed by atoms with Gasteiger partial charge in [-0.15, -0.1) is 0 Å². The highest BCUT2D eigenvalue weighted by Crippen LogP contribution is 2.44. The summed E-state index contributed by atoms with van der Waals surface area (Å²) >= 11 is 0. The van der Waals surface area contributed by atoms with E-state index in [2.05, 4.69) is 0 Å². The Balaban J connectivity index is 1.88. The fourth-order valence-corrected chi connectivity index (χ4v) is 4.62. The van der Waals surface area contributed by atoms with Gasteiger partial charge in [-0.05, 0) is 55.5 Å². The van der Waals surface area contributed by atoms with E-state index in [9.17, 15) is 23.1 Å². The number of allylic oxidation sites excluding steroid dienone is 2. The van der Waals surface area contributed by atoms with Crippen LogP contribution in [-0.4, -0.2) is 36.0 Å². The number of methoxy groups -OCH3 is 2. The molecule has 2 aliphatic rings. The molecule has 4 rings (SSSR count). The van der Waals surface area contributed by atoms with Crippen molar-refractivity contribution in [2.24, 2.45) is 5.92 Å². The summed E-state index contributed by atoms with van der Waals surface area (Å²) in [6.07, 6.45) is 1.51. The Morgan fingerprint density at radius 2 is 1.97 bits per heavy atom. The molecular weight excluding hydrogens is 423 g/mol. The zero-order valence-corrected chi connectivity index (χ0v) is 17.8. The summed E-state index contributed by atoms with van der Waals surface area (Å²) in [6, 6.07) is 6.79. The topological polar surface area (TPSA) is 60.7 Å². The van der Waals surface area contributed by atoms with Gasteiger partial charge in [-0.2, -0.15) is 13.2 Å². The molecule has 0 spiro atoms. The van der Waals surface area contributed by atoms with E-state index in [1.165, 1.54) is 7.11 Å². The van der Waals surface area contributed by atoms with E-state index in [1.54, 1.807) is 43.5 Å². The number of nitrogens with zero attached hydrogens (tertiary/aromatic N) is 1. The van der Waals surface area contributed by atoms with E-state index in [4.69, 9.17) is 9.47 Å². The van der Waals surface area contributed by atoms with Crippen molar-refractivity contribution in [3.05, 3.63) is 59.3 Å². The molecule has 1 unspecified atom stereocenters. The molecule has 1 aromatic heterocycles. The Morgan fingerprint density at radius 1 is 1.19 bits per heavy atom. The van der Waals surface area contributed by atoms with Crippen molar-refractivity contribution >= 4 is 5.97 Å². The Bertz CT molecular complexity index is 1100. The maximum Gasteiger partial charge on any atom is 0.392 e. The number of ether oxygens (including phenoxy) is 2. The summed E-state index contributed by atoms with van der Waals surface area (Å²) < 4.78 is 53.1. The Kier molecular flexibility index (Phi) is 5.79. The van der Waals surface area contributed by atoms with Gasteiger partial charge in [0.15, 0.2) is 0 Å². The van der Waals surface area contributed by atoms with E-state index in [0.717, 1.165) is 5.69 Å². The van der Waals surface area contributed by atoms with Crippen LogP contribution in [0.5, 0.6) is 11.5 Å². The average molecular weight is 447 g/mol. The van der Waals surface area contributed by atoms with Crippen LogP contribution >= 0.6 is 0 Å². The van der Waals surface area contributed by atoms with Crippen LogP contribution < -0.4 is 9.47 Å². The third-order valence-electron chi connectivity index (χ3n) is 6.20. The molecule has 0 amide bonds. The van der Waals surface area contributed by atoms with E-state index in [-0.39, 0.29) is 30.9 Å². The number of hydrogen-bond donors (Lipinski definition) is 1. The van der Waals surface area contributed by atoms with Crippen molar-refractivity contribution in [2.45, 2.75) is 37.9 Å². The van der Waals surface area contributed by atoms with Crippen molar-refractivity contribution in [3.63, 3.8) is 0 Å². The normalized spacial score (nSPS) is 20.5. The number of fused-ring (bicyclic) bond motifs is 1. The fraction of sp³-hybridized carbons (Fsp3) is 0.375. The van der Waals surface area contributed by atoms with Crippen LogP contribution in [0.1, 0.15) is 30.1 Å². The summed E-state index contributed by atoms with van der Waals surface area (Å²) in [7, 11) is 3.07. The molecule has 8 heteroatoms. The van der Waals surface area contributed by atoms with Gasteiger partial charge in [0.05, 0.1) is 37.4 Å². The molecule has 0 saturated heterocycles. The van der Waals surface area contributed by atoms with Gasteiger partial charge in [0.2, 0.25) is 0 Å². The van der Waals surface area contributed by atoms with Gasteiger partial charge in [-0.25, -0.2) is 4.79 Å². The lowest BCUT2D eigenvalue weighted by Gasteiger charge is -2.28. The van der Waals surface area contributed by atoms with Gasteiger partial charge in [0, 0.05) is 17.3 Å². The molecule has 1 N–H and O–H groups in total. The number of aliphatic carboxylic acids is 1. The zero-order chi connectivity index (χ0) is 23.0. The van der Waals surface area contributed by atoms with E-state index >= 15 is 0 Å². The lowest BCUT2D eigenvalue weighted by Crippen LogP contribution is -2.29. The first-order valence-corrected chi connectivity index (χ1v) is 10.4. The van der Waals surface area contributed by atoms with Crippen LogP contribution in [-0.2, 0) is 17.6 Å². The molecule has 0 radical (unpaired) electrons. The van der Waals surface area contributed by atoms with Gasteiger partial charge in [0.1, 0.15) is 11.5 Å². The first-order valence-electron chi connectivity index (χ1n) is 10.4. The minimum Gasteiger partial charge on any atom is -0.497 e. The van der Waals surface area contributed by atoms with Gasteiger partial charge in [-0.3, -0.25) is 0 Å². The highest BCUT2D eigenvalue weighted by Gasteiger charge is 2.42. The second kappa shape index (κ2) is 8.41. The zero-order valence-electron chi connectivity index (χ0n) is 17.8. The molecule has 0 saturated carbocycles. The third kappa shape index (κ3) is 4.01. The summed E-state index contributed by atoms with van der Waals surface area (Å²) in [4.78, 5) is 11.5. The molecule has 0 bridgehead atoms. The molecule has 1 aromatic carbocycles. The first-order chi connectivity index (χ1) is 15.2. The summed E-state index contributed by atoms with van der Waals surface area (Å²) in [5.41, 5.74) is 3.05. The lowest BCUT2D eigenvalue weighted by atomic mass is 9.87. The average Bonchev–Trinajstić information content (AvgIpc) is 3.16. The smallest absolute Gasteiger partial charge is 0.392 e. The van der Waals surface area contributed by atoms with Crippen molar-refractivity contribution in [3.8, 4) is 22.8 Å². The predicted molar refractivity (Wildman–Crippen MR) is 113 cm³/mol. The first kappa shape index (κ1) is 22.0.